The maximum atomic E-state index is 11.8. The lowest BCUT2D eigenvalue weighted by Gasteiger charge is -2.20. The molecule has 0 spiro atoms. The Bertz CT molecular complexity index is 415. The zero-order valence-electron chi connectivity index (χ0n) is 12.5. The summed E-state index contributed by atoms with van der Waals surface area (Å²) < 4.78 is 0. The van der Waals surface area contributed by atoms with Crippen molar-refractivity contribution in [3.63, 3.8) is 0 Å². The molecule has 0 aliphatic heterocycles. The molecule has 1 aromatic rings. The van der Waals surface area contributed by atoms with Crippen molar-refractivity contribution in [3.8, 4) is 0 Å². The van der Waals surface area contributed by atoms with E-state index in [0.717, 1.165) is 23.2 Å². The van der Waals surface area contributed by atoms with Crippen molar-refractivity contribution < 1.29 is 4.79 Å². The number of rotatable bonds is 7. The Kier molecular flexibility index (Phi) is 6.40. The van der Waals surface area contributed by atoms with Crippen LogP contribution in [0.5, 0.6) is 0 Å². The first-order valence-corrected chi connectivity index (χ1v) is 7.22. The van der Waals surface area contributed by atoms with E-state index in [1.54, 1.807) is 7.05 Å². The Morgan fingerprint density at radius 3 is 2.63 bits per heavy atom. The molecule has 1 atom stereocenters. The number of carbonyl (C=O) groups is 1. The zero-order valence-corrected chi connectivity index (χ0v) is 12.5. The standard InChI is InChI=1S/C16H26N2O/c1-5-7-9-13(6-2)18-15-11-8-10-14(12(15)3)16(19)17-4/h8,10-11,13,18H,5-7,9H2,1-4H3,(H,17,19). The highest BCUT2D eigenvalue weighted by atomic mass is 16.1. The van der Waals surface area contributed by atoms with E-state index in [4.69, 9.17) is 0 Å². The molecule has 1 unspecified atom stereocenters. The minimum absolute atomic E-state index is 0.0252. The molecule has 0 heterocycles. The fourth-order valence-corrected chi connectivity index (χ4v) is 2.22. The van der Waals surface area contributed by atoms with Crippen molar-refractivity contribution in [2.24, 2.45) is 0 Å². The number of hydrogen-bond acceptors (Lipinski definition) is 2. The SMILES string of the molecule is CCCCC(CC)Nc1cccc(C(=O)NC)c1C. The molecule has 19 heavy (non-hydrogen) atoms. The topological polar surface area (TPSA) is 41.1 Å². The zero-order chi connectivity index (χ0) is 14.3. The molecule has 106 valence electrons. The Balaban J connectivity index is 2.85. The van der Waals surface area contributed by atoms with Gasteiger partial charge in [-0.2, -0.15) is 0 Å². The molecule has 0 fully saturated rings. The fraction of sp³-hybridized carbons (Fsp3) is 0.562. The van der Waals surface area contributed by atoms with E-state index in [1.165, 1.54) is 19.3 Å². The summed E-state index contributed by atoms with van der Waals surface area (Å²) >= 11 is 0. The predicted molar refractivity (Wildman–Crippen MR) is 81.8 cm³/mol. The second-order valence-corrected chi connectivity index (χ2v) is 4.95. The molecule has 1 rings (SSSR count). The molecule has 0 radical (unpaired) electrons. The minimum atomic E-state index is -0.0252. The molecule has 0 saturated carbocycles. The van der Waals surface area contributed by atoms with Crippen LogP contribution in [0.4, 0.5) is 5.69 Å². The Hall–Kier alpha value is -1.51. The highest BCUT2D eigenvalue weighted by Gasteiger charge is 2.12. The largest absolute Gasteiger partial charge is 0.382 e. The minimum Gasteiger partial charge on any atom is -0.382 e. The fourth-order valence-electron chi connectivity index (χ4n) is 2.22. The molecule has 0 aromatic heterocycles. The lowest BCUT2D eigenvalue weighted by atomic mass is 10.0. The van der Waals surface area contributed by atoms with Gasteiger partial charge in [0.25, 0.3) is 5.91 Å². The maximum Gasteiger partial charge on any atom is 0.251 e. The van der Waals surface area contributed by atoms with Gasteiger partial charge in [-0.1, -0.05) is 32.8 Å². The summed E-state index contributed by atoms with van der Waals surface area (Å²) in [6.07, 6.45) is 4.73. The van der Waals surface area contributed by atoms with Gasteiger partial charge in [0.15, 0.2) is 0 Å². The normalized spacial score (nSPS) is 12.0. The summed E-state index contributed by atoms with van der Waals surface area (Å²) in [5.74, 6) is -0.0252. The molecule has 0 aliphatic rings. The van der Waals surface area contributed by atoms with Crippen LogP contribution in [0.25, 0.3) is 0 Å². The summed E-state index contributed by atoms with van der Waals surface area (Å²) in [7, 11) is 1.66. The third-order valence-corrected chi connectivity index (χ3v) is 3.56. The molecule has 0 bridgehead atoms. The van der Waals surface area contributed by atoms with Crippen molar-refractivity contribution >= 4 is 11.6 Å². The van der Waals surface area contributed by atoms with Gasteiger partial charge in [-0.3, -0.25) is 4.79 Å². The number of carbonyl (C=O) groups excluding carboxylic acids is 1. The first-order chi connectivity index (χ1) is 9.13. The lowest BCUT2D eigenvalue weighted by Crippen LogP contribution is -2.22. The van der Waals surface area contributed by atoms with Gasteiger partial charge < -0.3 is 10.6 Å². The second kappa shape index (κ2) is 7.82. The van der Waals surface area contributed by atoms with E-state index in [2.05, 4.69) is 30.5 Å². The Morgan fingerprint density at radius 1 is 1.32 bits per heavy atom. The third-order valence-electron chi connectivity index (χ3n) is 3.56. The average molecular weight is 262 g/mol. The van der Waals surface area contributed by atoms with Crippen LogP contribution in [0.15, 0.2) is 18.2 Å². The van der Waals surface area contributed by atoms with Crippen molar-refractivity contribution in [3.05, 3.63) is 29.3 Å². The van der Waals surface area contributed by atoms with Gasteiger partial charge in [-0.05, 0) is 37.5 Å². The molecule has 0 aliphatic carbocycles. The highest BCUT2D eigenvalue weighted by Crippen LogP contribution is 2.21. The summed E-state index contributed by atoms with van der Waals surface area (Å²) in [5, 5.41) is 6.26. The van der Waals surface area contributed by atoms with Gasteiger partial charge in [0.2, 0.25) is 0 Å². The smallest absolute Gasteiger partial charge is 0.251 e. The molecule has 1 amide bonds. The van der Waals surface area contributed by atoms with Crippen molar-refractivity contribution in [1.29, 1.82) is 0 Å². The van der Waals surface area contributed by atoms with Gasteiger partial charge in [-0.15, -0.1) is 0 Å². The van der Waals surface area contributed by atoms with Crippen molar-refractivity contribution in [2.45, 2.75) is 52.5 Å². The summed E-state index contributed by atoms with van der Waals surface area (Å²) in [6.45, 7) is 6.41. The number of benzene rings is 1. The van der Waals surface area contributed by atoms with Gasteiger partial charge in [-0.25, -0.2) is 0 Å². The van der Waals surface area contributed by atoms with Gasteiger partial charge in [0, 0.05) is 24.3 Å². The number of unbranched alkanes of at least 4 members (excludes halogenated alkanes) is 1. The Morgan fingerprint density at radius 2 is 2.05 bits per heavy atom. The van der Waals surface area contributed by atoms with E-state index in [1.807, 2.05) is 19.1 Å². The highest BCUT2D eigenvalue weighted by molar-refractivity contribution is 5.96. The molecule has 0 saturated heterocycles. The number of nitrogens with one attached hydrogen (secondary N) is 2. The Labute approximate surface area is 116 Å². The van der Waals surface area contributed by atoms with Crippen LogP contribution in [0.2, 0.25) is 0 Å². The van der Waals surface area contributed by atoms with E-state index < -0.39 is 0 Å². The predicted octanol–water partition coefficient (Wildman–Crippen LogP) is 3.74. The van der Waals surface area contributed by atoms with Crippen LogP contribution in [-0.4, -0.2) is 19.0 Å². The number of hydrogen-bond donors (Lipinski definition) is 2. The molecular weight excluding hydrogens is 236 g/mol. The van der Waals surface area contributed by atoms with Crippen LogP contribution >= 0.6 is 0 Å². The number of anilines is 1. The first kappa shape index (κ1) is 15.5. The molecule has 3 nitrogen and oxygen atoms in total. The van der Waals surface area contributed by atoms with Crippen molar-refractivity contribution in [1.82, 2.24) is 5.32 Å². The molecule has 1 aromatic carbocycles. The van der Waals surface area contributed by atoms with Crippen molar-refractivity contribution in [2.75, 3.05) is 12.4 Å². The van der Waals surface area contributed by atoms with Crippen LogP contribution < -0.4 is 10.6 Å². The first-order valence-electron chi connectivity index (χ1n) is 7.22. The molecule has 3 heteroatoms. The molecule has 2 N–H and O–H groups in total. The maximum absolute atomic E-state index is 11.8. The van der Waals surface area contributed by atoms with Gasteiger partial charge in [0.05, 0.1) is 0 Å². The van der Waals surface area contributed by atoms with E-state index in [9.17, 15) is 4.79 Å². The summed E-state index contributed by atoms with van der Waals surface area (Å²) in [6, 6.07) is 6.34. The molecular formula is C16H26N2O. The van der Waals surface area contributed by atoms with E-state index in [-0.39, 0.29) is 5.91 Å². The van der Waals surface area contributed by atoms with E-state index >= 15 is 0 Å². The lowest BCUT2D eigenvalue weighted by molar-refractivity contribution is 0.0962. The summed E-state index contributed by atoms with van der Waals surface area (Å²) in [5.41, 5.74) is 2.85. The number of amides is 1. The van der Waals surface area contributed by atoms with Crippen LogP contribution in [-0.2, 0) is 0 Å². The second-order valence-electron chi connectivity index (χ2n) is 4.95. The quantitative estimate of drug-likeness (QED) is 0.786. The van der Waals surface area contributed by atoms with Crippen LogP contribution in [0, 0.1) is 6.92 Å². The third kappa shape index (κ3) is 4.27. The van der Waals surface area contributed by atoms with Gasteiger partial charge >= 0.3 is 0 Å². The van der Waals surface area contributed by atoms with Crippen LogP contribution in [0.1, 0.15) is 55.5 Å². The van der Waals surface area contributed by atoms with Crippen LogP contribution in [0.3, 0.4) is 0 Å². The monoisotopic (exact) mass is 262 g/mol. The average Bonchev–Trinajstić information content (AvgIpc) is 2.44. The van der Waals surface area contributed by atoms with Gasteiger partial charge in [0.1, 0.15) is 0 Å². The summed E-state index contributed by atoms with van der Waals surface area (Å²) in [4.78, 5) is 11.8. The van der Waals surface area contributed by atoms with E-state index in [0.29, 0.717) is 6.04 Å².